The van der Waals surface area contributed by atoms with Crippen LogP contribution < -0.4 is 5.32 Å². The molecule has 0 aliphatic carbocycles. The lowest BCUT2D eigenvalue weighted by Crippen LogP contribution is -2.11. The van der Waals surface area contributed by atoms with Crippen molar-refractivity contribution in [2.75, 3.05) is 17.3 Å². The van der Waals surface area contributed by atoms with Crippen molar-refractivity contribution in [1.29, 1.82) is 0 Å². The monoisotopic (exact) mass is 417 g/mol. The fraction of sp³-hybridized carbons (Fsp3) is 0.167. The van der Waals surface area contributed by atoms with Gasteiger partial charge in [-0.3, -0.25) is 4.79 Å². The number of thioether (sulfide) groups is 2. The van der Waals surface area contributed by atoms with E-state index in [1.54, 1.807) is 34.9 Å². The molecule has 8 heteroatoms. The van der Waals surface area contributed by atoms with Gasteiger partial charge in [0, 0.05) is 17.1 Å². The number of hydrogen-bond acceptors (Lipinski definition) is 7. The zero-order valence-electron chi connectivity index (χ0n) is 13.9. The number of hydrogen-bond donors (Lipinski definition) is 1. The van der Waals surface area contributed by atoms with E-state index in [1.165, 1.54) is 16.2 Å². The van der Waals surface area contributed by atoms with Gasteiger partial charge in [-0.2, -0.15) is 0 Å². The zero-order chi connectivity index (χ0) is 17.9. The number of thiazole rings is 2. The molecule has 26 heavy (non-hydrogen) atoms. The molecule has 0 aliphatic rings. The van der Waals surface area contributed by atoms with E-state index < -0.39 is 0 Å². The third-order valence-electron chi connectivity index (χ3n) is 3.65. The molecule has 0 saturated heterocycles. The number of fused-ring (bicyclic) bond motifs is 3. The van der Waals surface area contributed by atoms with Crippen LogP contribution in [0, 0.1) is 0 Å². The maximum atomic E-state index is 12.2. The molecule has 4 aromatic rings. The van der Waals surface area contributed by atoms with E-state index in [0.29, 0.717) is 11.6 Å². The number of aromatic nitrogens is 2. The summed E-state index contributed by atoms with van der Waals surface area (Å²) in [4.78, 5) is 22.5. The average Bonchev–Trinajstić information content (AvgIpc) is 3.25. The number of rotatable bonds is 6. The zero-order valence-corrected chi connectivity index (χ0v) is 17.2. The van der Waals surface area contributed by atoms with Crippen LogP contribution in [0.2, 0.25) is 0 Å². The second kappa shape index (κ2) is 7.96. The Morgan fingerprint density at radius 2 is 1.77 bits per heavy atom. The fourth-order valence-electron chi connectivity index (χ4n) is 2.45. The van der Waals surface area contributed by atoms with Crippen LogP contribution in [0.15, 0.2) is 51.7 Å². The average molecular weight is 418 g/mol. The maximum absolute atomic E-state index is 12.2. The summed E-state index contributed by atoms with van der Waals surface area (Å²) in [5, 5.41) is 3.59. The van der Waals surface area contributed by atoms with E-state index in [-0.39, 0.29) is 5.91 Å². The number of carbonyl (C=O) groups is 1. The van der Waals surface area contributed by atoms with E-state index in [9.17, 15) is 4.79 Å². The lowest BCUT2D eigenvalue weighted by Gasteiger charge is -2.02. The number of anilines is 1. The Morgan fingerprint density at radius 3 is 2.54 bits per heavy atom. The van der Waals surface area contributed by atoms with Gasteiger partial charge >= 0.3 is 0 Å². The van der Waals surface area contributed by atoms with Crippen LogP contribution >= 0.6 is 46.2 Å². The highest BCUT2D eigenvalue weighted by Gasteiger charge is 2.13. The second-order valence-electron chi connectivity index (χ2n) is 5.42. The highest BCUT2D eigenvalue weighted by molar-refractivity contribution is 8.00. The van der Waals surface area contributed by atoms with Crippen molar-refractivity contribution in [3.63, 3.8) is 0 Å². The van der Waals surface area contributed by atoms with Gasteiger partial charge in [0.25, 0.3) is 0 Å². The van der Waals surface area contributed by atoms with Gasteiger partial charge in [-0.1, -0.05) is 41.3 Å². The van der Waals surface area contributed by atoms with Crippen LogP contribution in [0.4, 0.5) is 5.13 Å². The maximum Gasteiger partial charge on any atom is 0.226 e. The Labute approximate surface area is 167 Å². The van der Waals surface area contributed by atoms with Gasteiger partial charge < -0.3 is 5.32 Å². The van der Waals surface area contributed by atoms with Crippen molar-refractivity contribution >= 4 is 77.7 Å². The van der Waals surface area contributed by atoms with Crippen molar-refractivity contribution in [3.05, 3.63) is 42.5 Å². The molecule has 0 aliphatic heterocycles. The Kier molecular flexibility index (Phi) is 5.44. The molecule has 0 bridgehead atoms. The summed E-state index contributed by atoms with van der Waals surface area (Å²) in [7, 11) is 0. The summed E-state index contributed by atoms with van der Waals surface area (Å²) in [5.74, 6) is 0.745. The van der Waals surface area contributed by atoms with Crippen LogP contribution in [0.3, 0.4) is 0 Å². The van der Waals surface area contributed by atoms with Crippen molar-refractivity contribution in [3.8, 4) is 0 Å². The molecule has 0 saturated carbocycles. The van der Waals surface area contributed by atoms with Crippen LogP contribution in [0.1, 0.15) is 6.42 Å². The molecular weight excluding hydrogens is 402 g/mol. The van der Waals surface area contributed by atoms with Gasteiger partial charge in [0.05, 0.1) is 20.4 Å². The molecule has 4 rings (SSSR count). The fourth-order valence-corrected chi connectivity index (χ4v) is 6.00. The molecule has 0 spiro atoms. The molecule has 0 atom stereocenters. The first-order chi connectivity index (χ1) is 12.7. The molecule has 4 nitrogen and oxygen atoms in total. The summed E-state index contributed by atoms with van der Waals surface area (Å²) in [6.07, 6.45) is 2.49. The molecule has 0 unspecified atom stereocenters. The van der Waals surface area contributed by atoms with Gasteiger partial charge in [-0.05, 0) is 30.5 Å². The lowest BCUT2D eigenvalue weighted by atomic mass is 10.3. The molecule has 0 radical (unpaired) electrons. The summed E-state index contributed by atoms with van der Waals surface area (Å²) in [6.45, 7) is 0. The largest absolute Gasteiger partial charge is 0.302 e. The lowest BCUT2D eigenvalue weighted by molar-refractivity contribution is -0.115. The highest BCUT2D eigenvalue weighted by atomic mass is 32.2. The topological polar surface area (TPSA) is 54.9 Å². The predicted molar refractivity (Wildman–Crippen MR) is 115 cm³/mol. The van der Waals surface area contributed by atoms with E-state index in [1.807, 2.05) is 36.6 Å². The number of nitrogens with one attached hydrogen (secondary N) is 1. The summed E-state index contributed by atoms with van der Waals surface area (Å²) < 4.78 is 3.28. The van der Waals surface area contributed by atoms with Gasteiger partial charge in [0.2, 0.25) is 5.91 Å². The second-order valence-corrected chi connectivity index (χ2v) is 9.64. The van der Waals surface area contributed by atoms with E-state index in [4.69, 9.17) is 0 Å². The minimum absolute atomic E-state index is 0.00200. The summed E-state index contributed by atoms with van der Waals surface area (Å²) in [5.41, 5.74) is 1.90. The van der Waals surface area contributed by atoms with Crippen LogP contribution in [0.25, 0.3) is 20.4 Å². The highest BCUT2D eigenvalue weighted by Crippen LogP contribution is 2.38. The minimum Gasteiger partial charge on any atom is -0.302 e. The summed E-state index contributed by atoms with van der Waals surface area (Å²) in [6, 6.07) is 14.1. The molecule has 1 amide bonds. The Bertz CT molecular complexity index is 1060. The van der Waals surface area contributed by atoms with Gasteiger partial charge in [-0.25, -0.2) is 9.97 Å². The first kappa shape index (κ1) is 17.8. The molecule has 132 valence electrons. The van der Waals surface area contributed by atoms with Crippen molar-refractivity contribution in [2.45, 2.75) is 15.7 Å². The SMILES string of the molecule is CSc1nc2ccc3nc(NC(=O)CCSc4ccccc4)sc3c2s1. The normalized spacial score (nSPS) is 11.3. The molecule has 2 aromatic heterocycles. The van der Waals surface area contributed by atoms with E-state index >= 15 is 0 Å². The standard InChI is InChI=1S/C18H15N3OS4/c1-23-18-20-13-8-7-12-15(16(13)26-18)25-17(19-12)21-14(22)9-10-24-11-5-3-2-4-6-11/h2-8H,9-10H2,1H3,(H,19,21,22). The number of carbonyl (C=O) groups excluding carboxylic acids is 1. The van der Waals surface area contributed by atoms with E-state index in [2.05, 4.69) is 27.4 Å². The summed E-state index contributed by atoms with van der Waals surface area (Å²) >= 11 is 6.53. The van der Waals surface area contributed by atoms with Crippen molar-refractivity contribution in [2.24, 2.45) is 0 Å². The van der Waals surface area contributed by atoms with Gasteiger partial charge in [0.1, 0.15) is 0 Å². The predicted octanol–water partition coefficient (Wildman–Crippen LogP) is 5.75. The van der Waals surface area contributed by atoms with Crippen molar-refractivity contribution in [1.82, 2.24) is 9.97 Å². The third kappa shape index (κ3) is 3.88. The number of amides is 1. The Balaban J connectivity index is 1.44. The third-order valence-corrected chi connectivity index (χ3v) is 7.88. The molecular formula is C18H15N3OS4. The first-order valence-corrected chi connectivity index (χ1v) is 11.8. The molecule has 0 fully saturated rings. The van der Waals surface area contributed by atoms with Crippen LogP contribution in [-0.2, 0) is 4.79 Å². The van der Waals surface area contributed by atoms with E-state index in [0.717, 1.165) is 30.5 Å². The van der Waals surface area contributed by atoms with Crippen LogP contribution in [-0.4, -0.2) is 27.9 Å². The minimum atomic E-state index is -0.00200. The quantitative estimate of drug-likeness (QED) is 0.405. The Hall–Kier alpha value is -1.61. The molecule has 2 aromatic carbocycles. The van der Waals surface area contributed by atoms with Gasteiger partial charge in [-0.15, -0.1) is 23.1 Å². The number of benzene rings is 2. The first-order valence-electron chi connectivity index (χ1n) is 7.95. The van der Waals surface area contributed by atoms with Crippen molar-refractivity contribution < 1.29 is 4.79 Å². The van der Waals surface area contributed by atoms with Gasteiger partial charge in [0.15, 0.2) is 9.47 Å². The molecule has 2 heterocycles. The number of nitrogens with zero attached hydrogens (tertiary/aromatic N) is 2. The smallest absolute Gasteiger partial charge is 0.226 e. The Morgan fingerprint density at radius 1 is 1.04 bits per heavy atom. The van der Waals surface area contributed by atoms with Crippen LogP contribution in [0.5, 0.6) is 0 Å². The molecule has 1 N–H and O–H groups in total.